The predicted molar refractivity (Wildman–Crippen MR) is 54.3 cm³/mol. The van der Waals surface area contributed by atoms with Crippen molar-refractivity contribution in [3.05, 3.63) is 12.3 Å². The van der Waals surface area contributed by atoms with E-state index in [0.29, 0.717) is 11.3 Å². The number of hydrazine groups is 1. The number of nitrogens with one attached hydrogen (secondary N) is 1. The van der Waals surface area contributed by atoms with E-state index in [4.69, 9.17) is 5.84 Å². The maximum Gasteiger partial charge on any atom is 0.0193 e. The third-order valence-corrected chi connectivity index (χ3v) is 3.02. The van der Waals surface area contributed by atoms with Crippen LogP contribution in [0.5, 0.6) is 0 Å². The summed E-state index contributed by atoms with van der Waals surface area (Å²) in [6.45, 7) is 12.8. The van der Waals surface area contributed by atoms with Crippen LogP contribution >= 0.6 is 0 Å². The molecule has 2 nitrogen and oxygen atoms in total. The van der Waals surface area contributed by atoms with Crippen LogP contribution in [0, 0.1) is 11.3 Å². The van der Waals surface area contributed by atoms with Gasteiger partial charge in [0.25, 0.3) is 0 Å². The molecule has 0 saturated heterocycles. The van der Waals surface area contributed by atoms with Gasteiger partial charge in [-0.25, -0.2) is 0 Å². The highest BCUT2D eigenvalue weighted by Crippen LogP contribution is 2.35. The molecule has 1 atom stereocenters. The molecule has 0 aliphatic carbocycles. The van der Waals surface area contributed by atoms with E-state index in [2.05, 4.69) is 39.7 Å². The van der Waals surface area contributed by atoms with Crippen LogP contribution in [0.15, 0.2) is 12.3 Å². The molecule has 0 aliphatic heterocycles. The number of hydrogen-bond donors (Lipinski definition) is 2. The van der Waals surface area contributed by atoms with Crippen LogP contribution < -0.4 is 11.3 Å². The third kappa shape index (κ3) is 2.86. The van der Waals surface area contributed by atoms with Crippen molar-refractivity contribution in [3.8, 4) is 0 Å². The zero-order valence-corrected chi connectivity index (χ0v) is 8.78. The van der Waals surface area contributed by atoms with Crippen LogP contribution in [0.4, 0.5) is 0 Å². The molecule has 0 fully saturated rings. The van der Waals surface area contributed by atoms with E-state index in [-0.39, 0.29) is 0 Å². The van der Waals surface area contributed by atoms with Gasteiger partial charge in [0.1, 0.15) is 0 Å². The predicted octanol–water partition coefficient (Wildman–Crippen LogP) is 2.43. The van der Waals surface area contributed by atoms with Crippen molar-refractivity contribution in [1.82, 2.24) is 5.43 Å². The molecule has 2 heteroatoms. The Balaban J connectivity index is 4.23. The highest BCUT2D eigenvalue weighted by Gasteiger charge is 2.26. The summed E-state index contributed by atoms with van der Waals surface area (Å²) < 4.78 is 0. The Labute approximate surface area is 76.2 Å². The molecule has 0 saturated carbocycles. The first-order chi connectivity index (χ1) is 5.46. The molecule has 1 unspecified atom stereocenters. The largest absolute Gasteiger partial charge is 0.329 e. The molecule has 12 heavy (non-hydrogen) atoms. The Morgan fingerprint density at radius 1 is 1.58 bits per heavy atom. The maximum atomic E-state index is 5.28. The average molecular weight is 170 g/mol. The molecule has 0 amide bonds. The topological polar surface area (TPSA) is 38.0 Å². The van der Waals surface area contributed by atoms with E-state index in [1.165, 1.54) is 0 Å². The van der Waals surface area contributed by atoms with Gasteiger partial charge in [-0.3, -0.25) is 5.84 Å². The Morgan fingerprint density at radius 3 is 2.33 bits per heavy atom. The van der Waals surface area contributed by atoms with Gasteiger partial charge < -0.3 is 5.43 Å². The normalized spacial score (nSPS) is 15.8. The van der Waals surface area contributed by atoms with E-state index in [0.717, 1.165) is 18.5 Å². The lowest BCUT2D eigenvalue weighted by atomic mass is 9.73. The van der Waals surface area contributed by atoms with Gasteiger partial charge in [0.15, 0.2) is 0 Å². The van der Waals surface area contributed by atoms with Crippen molar-refractivity contribution >= 4 is 0 Å². The number of rotatable bonds is 5. The summed E-state index contributed by atoms with van der Waals surface area (Å²) in [5.41, 5.74) is 3.86. The summed E-state index contributed by atoms with van der Waals surface area (Å²) >= 11 is 0. The molecule has 72 valence electrons. The van der Waals surface area contributed by atoms with Crippen molar-refractivity contribution in [1.29, 1.82) is 0 Å². The molecule has 0 aliphatic rings. The molecule has 0 radical (unpaired) electrons. The fraction of sp³-hybridized carbons (Fsp3) is 0.800. The Hall–Kier alpha value is -0.500. The van der Waals surface area contributed by atoms with Crippen LogP contribution in [0.3, 0.4) is 0 Å². The quantitative estimate of drug-likeness (QED) is 0.491. The van der Waals surface area contributed by atoms with Gasteiger partial charge in [0.2, 0.25) is 0 Å². The molecule has 0 aromatic rings. The van der Waals surface area contributed by atoms with Crippen LogP contribution in [-0.4, -0.2) is 0 Å². The third-order valence-electron chi connectivity index (χ3n) is 3.02. The summed E-state index contributed by atoms with van der Waals surface area (Å²) in [4.78, 5) is 0. The number of nitrogens with two attached hydrogens (primary N) is 1. The minimum atomic E-state index is 0.323. The molecular formula is C10H22N2. The zero-order chi connectivity index (χ0) is 9.78. The summed E-state index contributed by atoms with van der Waals surface area (Å²) in [6, 6.07) is 0. The second-order valence-corrected chi connectivity index (χ2v) is 4.09. The highest BCUT2D eigenvalue weighted by atomic mass is 15.2. The Kier molecular flexibility index (Phi) is 4.32. The maximum absolute atomic E-state index is 5.28. The average Bonchev–Trinajstić information content (AvgIpc) is 2.03. The second-order valence-electron chi connectivity index (χ2n) is 4.09. The summed E-state index contributed by atoms with van der Waals surface area (Å²) in [5.74, 6) is 5.94. The first kappa shape index (κ1) is 11.5. The number of allylic oxidation sites excluding steroid dienone is 1. The first-order valence-electron chi connectivity index (χ1n) is 4.60. The van der Waals surface area contributed by atoms with Gasteiger partial charge in [-0.05, 0) is 17.8 Å². The molecular weight excluding hydrogens is 148 g/mol. The van der Waals surface area contributed by atoms with Crippen molar-refractivity contribution in [2.75, 3.05) is 0 Å². The van der Waals surface area contributed by atoms with Crippen LogP contribution in [0.25, 0.3) is 0 Å². The van der Waals surface area contributed by atoms with Crippen molar-refractivity contribution < 1.29 is 0 Å². The standard InChI is InChI=1S/C10H22N2/c1-6-10(5,8(2)3)7-9(4)12-11/h8,12H,4,6-7,11H2,1-3,5H3. The molecule has 0 aromatic heterocycles. The lowest BCUT2D eigenvalue weighted by Crippen LogP contribution is -2.29. The van der Waals surface area contributed by atoms with Crippen molar-refractivity contribution in [2.45, 2.75) is 40.5 Å². The highest BCUT2D eigenvalue weighted by molar-refractivity contribution is 4.96. The lowest BCUT2D eigenvalue weighted by molar-refractivity contribution is 0.203. The molecule has 0 rings (SSSR count). The summed E-state index contributed by atoms with van der Waals surface area (Å²) in [6.07, 6.45) is 2.11. The SMILES string of the molecule is C=C(CC(C)(CC)C(C)C)NN. The van der Waals surface area contributed by atoms with Crippen LogP contribution in [-0.2, 0) is 0 Å². The summed E-state index contributed by atoms with van der Waals surface area (Å²) in [7, 11) is 0. The monoisotopic (exact) mass is 170 g/mol. The Bertz CT molecular complexity index is 152. The van der Waals surface area contributed by atoms with E-state index >= 15 is 0 Å². The molecule has 3 N–H and O–H groups in total. The van der Waals surface area contributed by atoms with Crippen LogP contribution in [0.1, 0.15) is 40.5 Å². The number of hydrogen-bond acceptors (Lipinski definition) is 2. The van der Waals surface area contributed by atoms with Gasteiger partial charge in [-0.2, -0.15) is 0 Å². The van der Waals surface area contributed by atoms with Crippen molar-refractivity contribution in [3.63, 3.8) is 0 Å². The molecule has 0 aromatic carbocycles. The minimum Gasteiger partial charge on any atom is -0.329 e. The van der Waals surface area contributed by atoms with E-state index < -0.39 is 0 Å². The zero-order valence-electron chi connectivity index (χ0n) is 8.78. The first-order valence-corrected chi connectivity index (χ1v) is 4.60. The van der Waals surface area contributed by atoms with Gasteiger partial charge >= 0.3 is 0 Å². The minimum absolute atomic E-state index is 0.323. The van der Waals surface area contributed by atoms with Gasteiger partial charge in [0.05, 0.1) is 0 Å². The van der Waals surface area contributed by atoms with E-state index in [1.54, 1.807) is 0 Å². The Morgan fingerprint density at radius 2 is 2.08 bits per heavy atom. The van der Waals surface area contributed by atoms with E-state index in [9.17, 15) is 0 Å². The fourth-order valence-electron chi connectivity index (χ4n) is 1.28. The smallest absolute Gasteiger partial charge is 0.0193 e. The molecule has 0 spiro atoms. The van der Waals surface area contributed by atoms with Gasteiger partial charge in [0, 0.05) is 5.70 Å². The summed E-state index contributed by atoms with van der Waals surface area (Å²) in [5, 5.41) is 0. The van der Waals surface area contributed by atoms with Gasteiger partial charge in [-0.1, -0.05) is 40.7 Å². The molecule has 0 heterocycles. The molecule has 0 bridgehead atoms. The van der Waals surface area contributed by atoms with E-state index in [1.807, 2.05) is 0 Å². The van der Waals surface area contributed by atoms with Crippen LogP contribution in [0.2, 0.25) is 0 Å². The second kappa shape index (κ2) is 4.51. The fourth-order valence-corrected chi connectivity index (χ4v) is 1.28. The van der Waals surface area contributed by atoms with Gasteiger partial charge in [-0.15, -0.1) is 0 Å². The van der Waals surface area contributed by atoms with Crippen molar-refractivity contribution in [2.24, 2.45) is 17.2 Å². The lowest BCUT2D eigenvalue weighted by Gasteiger charge is -2.33.